The molecular formula is C16H20F3N3O4. The number of ether oxygens (including phenoxy) is 1. The predicted molar refractivity (Wildman–Crippen MR) is 86.8 cm³/mol. The molecule has 7 nitrogen and oxygen atoms in total. The van der Waals surface area contributed by atoms with E-state index in [1.54, 1.807) is 6.92 Å². The Balaban J connectivity index is 2.21. The molecule has 3 N–H and O–H groups in total. The molecule has 0 spiro atoms. The topological polar surface area (TPSA) is 90.9 Å². The van der Waals surface area contributed by atoms with Gasteiger partial charge in [-0.15, -0.1) is 0 Å². The summed E-state index contributed by atoms with van der Waals surface area (Å²) in [7, 11) is 0. The van der Waals surface area contributed by atoms with Crippen LogP contribution in [0.15, 0.2) is 18.2 Å². The van der Waals surface area contributed by atoms with E-state index in [0.717, 1.165) is 12.1 Å². The number of urea groups is 1. The summed E-state index contributed by atoms with van der Waals surface area (Å²) in [4.78, 5) is 25.4. The van der Waals surface area contributed by atoms with Crippen molar-refractivity contribution < 1.29 is 32.6 Å². The number of hydrogen-bond acceptors (Lipinski definition) is 4. The summed E-state index contributed by atoms with van der Waals surface area (Å²) in [5.41, 5.74) is -1.07. The SMILES string of the molecule is CCOc1ccc(NC(=O)N2CCNC(=O)C2CCO)cc1C(F)(F)F. The molecule has 2 rings (SSSR count). The fourth-order valence-electron chi connectivity index (χ4n) is 2.67. The Hall–Kier alpha value is -2.49. The van der Waals surface area contributed by atoms with Crippen molar-refractivity contribution in [2.24, 2.45) is 0 Å². The molecule has 0 aromatic heterocycles. The Bertz CT molecular complexity index is 667. The number of carbonyl (C=O) groups is 2. The molecule has 1 aliphatic heterocycles. The maximum Gasteiger partial charge on any atom is 0.420 e. The van der Waals surface area contributed by atoms with Crippen LogP contribution in [0.25, 0.3) is 0 Å². The monoisotopic (exact) mass is 375 g/mol. The molecule has 1 atom stereocenters. The average Bonchev–Trinajstić information content (AvgIpc) is 2.57. The zero-order valence-corrected chi connectivity index (χ0v) is 14.1. The molecule has 1 heterocycles. The molecule has 26 heavy (non-hydrogen) atoms. The first-order chi connectivity index (χ1) is 12.3. The van der Waals surface area contributed by atoms with Crippen LogP contribution in [-0.4, -0.2) is 54.3 Å². The molecule has 144 valence electrons. The third-order valence-electron chi connectivity index (χ3n) is 3.83. The van der Waals surface area contributed by atoms with Gasteiger partial charge in [-0.2, -0.15) is 13.2 Å². The van der Waals surface area contributed by atoms with Crippen LogP contribution in [-0.2, 0) is 11.0 Å². The molecule has 1 aromatic rings. The molecule has 0 saturated carbocycles. The zero-order chi connectivity index (χ0) is 19.3. The summed E-state index contributed by atoms with van der Waals surface area (Å²) in [6.07, 6.45) is -4.61. The van der Waals surface area contributed by atoms with Gasteiger partial charge in [0.1, 0.15) is 11.8 Å². The van der Waals surface area contributed by atoms with Gasteiger partial charge in [0, 0.05) is 25.4 Å². The molecule has 1 saturated heterocycles. The highest BCUT2D eigenvalue weighted by Crippen LogP contribution is 2.38. The Labute approximate surface area is 148 Å². The Morgan fingerprint density at radius 3 is 2.81 bits per heavy atom. The van der Waals surface area contributed by atoms with E-state index in [1.165, 1.54) is 11.0 Å². The first kappa shape index (κ1) is 19.8. The van der Waals surface area contributed by atoms with Crippen LogP contribution >= 0.6 is 0 Å². The summed E-state index contributed by atoms with van der Waals surface area (Å²) in [6, 6.07) is 1.63. The van der Waals surface area contributed by atoms with Crippen molar-refractivity contribution in [2.45, 2.75) is 25.6 Å². The summed E-state index contributed by atoms with van der Waals surface area (Å²) >= 11 is 0. The fourth-order valence-corrected chi connectivity index (χ4v) is 2.67. The second-order valence-electron chi connectivity index (χ2n) is 5.58. The largest absolute Gasteiger partial charge is 0.493 e. The van der Waals surface area contributed by atoms with E-state index in [0.29, 0.717) is 0 Å². The van der Waals surface area contributed by atoms with Gasteiger partial charge in [-0.25, -0.2) is 4.79 Å². The van der Waals surface area contributed by atoms with Crippen molar-refractivity contribution in [1.29, 1.82) is 0 Å². The van der Waals surface area contributed by atoms with Crippen LogP contribution < -0.4 is 15.4 Å². The molecular weight excluding hydrogens is 355 g/mol. The molecule has 0 radical (unpaired) electrons. The van der Waals surface area contributed by atoms with Gasteiger partial charge in [0.25, 0.3) is 0 Å². The van der Waals surface area contributed by atoms with Gasteiger partial charge in [-0.1, -0.05) is 0 Å². The lowest BCUT2D eigenvalue weighted by atomic mass is 10.1. The number of anilines is 1. The predicted octanol–water partition coefficient (Wildman–Crippen LogP) is 1.82. The number of nitrogens with one attached hydrogen (secondary N) is 2. The quantitative estimate of drug-likeness (QED) is 0.732. The van der Waals surface area contributed by atoms with E-state index in [1.807, 2.05) is 0 Å². The van der Waals surface area contributed by atoms with Gasteiger partial charge in [-0.05, 0) is 31.5 Å². The van der Waals surface area contributed by atoms with Gasteiger partial charge >= 0.3 is 12.2 Å². The Kier molecular flexibility index (Phi) is 6.30. The summed E-state index contributed by atoms with van der Waals surface area (Å²) in [5, 5.41) is 14.0. The third-order valence-corrected chi connectivity index (χ3v) is 3.83. The number of carbonyl (C=O) groups excluding carboxylic acids is 2. The maximum atomic E-state index is 13.2. The lowest BCUT2D eigenvalue weighted by Gasteiger charge is -2.34. The highest BCUT2D eigenvalue weighted by Gasteiger charge is 2.36. The van der Waals surface area contributed by atoms with Crippen LogP contribution in [0.1, 0.15) is 18.9 Å². The van der Waals surface area contributed by atoms with E-state index < -0.39 is 29.7 Å². The molecule has 0 aliphatic carbocycles. The molecule has 1 unspecified atom stereocenters. The average molecular weight is 375 g/mol. The highest BCUT2D eigenvalue weighted by molar-refractivity contribution is 5.94. The van der Waals surface area contributed by atoms with Crippen LogP contribution in [0.4, 0.5) is 23.7 Å². The minimum atomic E-state index is -4.64. The number of piperazine rings is 1. The summed E-state index contributed by atoms with van der Waals surface area (Å²) in [5.74, 6) is -0.739. The van der Waals surface area contributed by atoms with Gasteiger partial charge < -0.3 is 25.4 Å². The van der Waals surface area contributed by atoms with Crippen molar-refractivity contribution in [3.05, 3.63) is 23.8 Å². The van der Waals surface area contributed by atoms with Crippen LogP contribution in [0, 0.1) is 0 Å². The van der Waals surface area contributed by atoms with E-state index in [9.17, 15) is 22.8 Å². The Morgan fingerprint density at radius 2 is 2.19 bits per heavy atom. The molecule has 1 fully saturated rings. The van der Waals surface area contributed by atoms with E-state index >= 15 is 0 Å². The molecule has 10 heteroatoms. The third kappa shape index (κ3) is 4.57. The minimum absolute atomic E-state index is 0.0380. The van der Waals surface area contributed by atoms with Crippen molar-refractivity contribution in [1.82, 2.24) is 10.2 Å². The first-order valence-corrected chi connectivity index (χ1v) is 8.08. The molecule has 1 aromatic carbocycles. The number of aliphatic hydroxyl groups excluding tert-OH is 1. The second kappa shape index (κ2) is 8.26. The van der Waals surface area contributed by atoms with E-state index in [-0.39, 0.29) is 44.2 Å². The van der Waals surface area contributed by atoms with Crippen molar-refractivity contribution >= 4 is 17.6 Å². The van der Waals surface area contributed by atoms with E-state index in [2.05, 4.69) is 10.6 Å². The van der Waals surface area contributed by atoms with Crippen LogP contribution in [0.5, 0.6) is 5.75 Å². The van der Waals surface area contributed by atoms with Gasteiger partial charge in [-0.3, -0.25) is 4.79 Å². The van der Waals surface area contributed by atoms with Crippen LogP contribution in [0.3, 0.4) is 0 Å². The van der Waals surface area contributed by atoms with Crippen molar-refractivity contribution in [3.63, 3.8) is 0 Å². The minimum Gasteiger partial charge on any atom is -0.493 e. The summed E-state index contributed by atoms with van der Waals surface area (Å²) in [6.45, 7) is 1.75. The van der Waals surface area contributed by atoms with Crippen LogP contribution in [0.2, 0.25) is 0 Å². The smallest absolute Gasteiger partial charge is 0.420 e. The maximum absolute atomic E-state index is 13.2. The normalized spacial score (nSPS) is 17.7. The molecule has 1 aliphatic rings. The number of amides is 3. The number of benzene rings is 1. The van der Waals surface area contributed by atoms with E-state index in [4.69, 9.17) is 9.84 Å². The molecule has 0 bridgehead atoms. The number of alkyl halides is 3. The second-order valence-corrected chi connectivity index (χ2v) is 5.58. The van der Waals surface area contributed by atoms with Gasteiger partial charge in [0.2, 0.25) is 5.91 Å². The first-order valence-electron chi connectivity index (χ1n) is 8.08. The Morgan fingerprint density at radius 1 is 1.46 bits per heavy atom. The van der Waals surface area contributed by atoms with Crippen molar-refractivity contribution in [3.8, 4) is 5.75 Å². The number of hydrogen-bond donors (Lipinski definition) is 3. The zero-order valence-electron chi connectivity index (χ0n) is 14.1. The number of nitrogens with zero attached hydrogens (tertiary/aromatic N) is 1. The number of rotatable bonds is 5. The lowest BCUT2D eigenvalue weighted by Crippen LogP contribution is -2.58. The lowest BCUT2D eigenvalue weighted by molar-refractivity contribution is -0.138. The molecule has 3 amide bonds. The summed E-state index contributed by atoms with van der Waals surface area (Å²) < 4.78 is 44.5. The highest BCUT2D eigenvalue weighted by atomic mass is 19.4. The van der Waals surface area contributed by atoms with Crippen molar-refractivity contribution in [2.75, 3.05) is 31.6 Å². The van der Waals surface area contributed by atoms with Gasteiger partial charge in [0.05, 0.1) is 12.2 Å². The standard InChI is InChI=1S/C16H20F3N3O4/c1-2-26-13-4-3-10(9-11(13)16(17,18)19)21-15(25)22-7-6-20-14(24)12(22)5-8-23/h3-4,9,12,23H,2,5-8H2,1H3,(H,20,24)(H,21,25). The van der Waals surface area contributed by atoms with Gasteiger partial charge in [0.15, 0.2) is 0 Å². The fraction of sp³-hybridized carbons (Fsp3) is 0.500. The number of halogens is 3. The number of aliphatic hydroxyl groups is 1.